The van der Waals surface area contributed by atoms with E-state index in [-0.39, 0.29) is 19.1 Å². The predicted molar refractivity (Wildman–Crippen MR) is 114 cm³/mol. The molecule has 0 fully saturated rings. The number of carbonyl (C=O) groups is 1. The molecule has 1 aliphatic rings. The molecule has 1 amide bonds. The molecule has 1 N–H and O–H groups in total. The normalized spacial score (nSPS) is 12.2. The number of hydrogen-bond donors (Lipinski definition) is 1. The molecule has 1 aliphatic heterocycles. The van der Waals surface area contributed by atoms with Crippen LogP contribution < -0.4 is 19.6 Å². The minimum absolute atomic E-state index is 0.183. The van der Waals surface area contributed by atoms with Crippen molar-refractivity contribution in [3.8, 4) is 17.2 Å². The molecule has 4 rings (SSSR count). The highest BCUT2D eigenvalue weighted by Gasteiger charge is 2.14. The van der Waals surface area contributed by atoms with E-state index in [2.05, 4.69) is 10.5 Å². The lowest BCUT2D eigenvalue weighted by Gasteiger charge is -2.09. The number of ether oxygens (including phenoxy) is 3. The Morgan fingerprint density at radius 3 is 2.67 bits per heavy atom. The summed E-state index contributed by atoms with van der Waals surface area (Å²) in [4.78, 5) is 12.2. The number of carbonyl (C=O) groups excluding carboxylic acids is 1. The van der Waals surface area contributed by atoms with Gasteiger partial charge in [-0.05, 0) is 47.5 Å². The van der Waals surface area contributed by atoms with E-state index < -0.39 is 0 Å². The van der Waals surface area contributed by atoms with Gasteiger partial charge in [0.05, 0.1) is 12.6 Å². The molecule has 0 aromatic heterocycles. The van der Waals surface area contributed by atoms with Crippen LogP contribution in [-0.4, -0.2) is 18.9 Å². The molecule has 0 saturated heterocycles. The highest BCUT2D eigenvalue weighted by Crippen LogP contribution is 2.32. The van der Waals surface area contributed by atoms with Gasteiger partial charge in [-0.15, -0.1) is 0 Å². The molecule has 0 bridgehead atoms. The van der Waals surface area contributed by atoms with E-state index in [1.807, 2.05) is 54.6 Å². The number of fused-ring (bicyclic) bond motifs is 1. The van der Waals surface area contributed by atoms with Crippen LogP contribution in [-0.2, 0) is 17.8 Å². The molecule has 7 heteroatoms. The summed E-state index contributed by atoms with van der Waals surface area (Å²) in [6.07, 6.45) is 1.75. The molecule has 3 aromatic rings. The SMILES string of the molecule is O=C(Cc1ccc2c(c1)OCO2)N/N=C\c1ccccc1OCc1ccc(Cl)cc1. The van der Waals surface area contributed by atoms with Gasteiger partial charge in [-0.2, -0.15) is 5.10 Å². The van der Waals surface area contributed by atoms with Crippen molar-refractivity contribution in [3.05, 3.63) is 88.4 Å². The Morgan fingerprint density at radius 2 is 1.80 bits per heavy atom. The fourth-order valence-electron chi connectivity index (χ4n) is 2.91. The van der Waals surface area contributed by atoms with Crippen molar-refractivity contribution in [2.45, 2.75) is 13.0 Å². The zero-order valence-electron chi connectivity index (χ0n) is 16.0. The summed E-state index contributed by atoms with van der Waals surface area (Å²) in [6.45, 7) is 0.604. The first-order valence-electron chi connectivity index (χ1n) is 9.34. The Labute approximate surface area is 179 Å². The van der Waals surface area contributed by atoms with Crippen LogP contribution in [0.4, 0.5) is 0 Å². The van der Waals surface area contributed by atoms with Crippen molar-refractivity contribution in [1.29, 1.82) is 0 Å². The first-order valence-corrected chi connectivity index (χ1v) is 9.72. The molecule has 0 radical (unpaired) electrons. The van der Waals surface area contributed by atoms with Gasteiger partial charge >= 0.3 is 0 Å². The van der Waals surface area contributed by atoms with Crippen molar-refractivity contribution in [3.63, 3.8) is 0 Å². The topological polar surface area (TPSA) is 69.2 Å². The van der Waals surface area contributed by atoms with Crippen LogP contribution >= 0.6 is 11.6 Å². The summed E-state index contributed by atoms with van der Waals surface area (Å²) in [5.74, 6) is 1.77. The van der Waals surface area contributed by atoms with E-state index in [1.165, 1.54) is 0 Å². The molecule has 0 unspecified atom stereocenters. The Hall–Kier alpha value is -3.51. The van der Waals surface area contributed by atoms with Crippen LogP contribution in [0, 0.1) is 0 Å². The van der Waals surface area contributed by atoms with E-state index in [0.717, 1.165) is 16.7 Å². The average Bonchev–Trinajstić information content (AvgIpc) is 3.22. The third-order valence-electron chi connectivity index (χ3n) is 4.42. The second-order valence-corrected chi connectivity index (χ2v) is 7.05. The van der Waals surface area contributed by atoms with E-state index >= 15 is 0 Å². The van der Waals surface area contributed by atoms with Crippen LogP contribution in [0.5, 0.6) is 17.2 Å². The van der Waals surface area contributed by atoms with Gasteiger partial charge in [0, 0.05) is 10.6 Å². The van der Waals surface area contributed by atoms with Gasteiger partial charge in [-0.3, -0.25) is 4.79 Å². The monoisotopic (exact) mass is 422 g/mol. The molecular weight excluding hydrogens is 404 g/mol. The summed E-state index contributed by atoms with van der Waals surface area (Å²) >= 11 is 5.91. The minimum Gasteiger partial charge on any atom is -0.488 e. The molecule has 1 heterocycles. The number of para-hydroxylation sites is 1. The van der Waals surface area contributed by atoms with Crippen molar-refractivity contribution >= 4 is 23.7 Å². The van der Waals surface area contributed by atoms with Gasteiger partial charge in [-0.25, -0.2) is 5.43 Å². The first-order chi connectivity index (χ1) is 14.7. The number of rotatable bonds is 7. The Morgan fingerprint density at radius 1 is 1.03 bits per heavy atom. The maximum absolute atomic E-state index is 12.2. The quantitative estimate of drug-likeness (QED) is 0.454. The van der Waals surface area contributed by atoms with Crippen LogP contribution in [0.2, 0.25) is 5.02 Å². The zero-order valence-corrected chi connectivity index (χ0v) is 16.8. The van der Waals surface area contributed by atoms with Crippen LogP contribution in [0.3, 0.4) is 0 Å². The zero-order chi connectivity index (χ0) is 20.8. The smallest absolute Gasteiger partial charge is 0.244 e. The van der Waals surface area contributed by atoms with Crippen LogP contribution in [0.1, 0.15) is 16.7 Å². The fraction of sp³-hybridized carbons (Fsp3) is 0.130. The average molecular weight is 423 g/mol. The number of nitrogens with zero attached hydrogens (tertiary/aromatic N) is 1. The number of hydrazone groups is 1. The van der Waals surface area contributed by atoms with Gasteiger partial charge in [-0.1, -0.05) is 41.9 Å². The third kappa shape index (κ3) is 5.10. The van der Waals surface area contributed by atoms with E-state index in [1.54, 1.807) is 18.3 Å². The molecule has 0 atom stereocenters. The second-order valence-electron chi connectivity index (χ2n) is 6.61. The molecule has 3 aromatic carbocycles. The van der Waals surface area contributed by atoms with Crippen LogP contribution in [0.25, 0.3) is 0 Å². The second kappa shape index (κ2) is 9.33. The van der Waals surface area contributed by atoms with Gasteiger partial charge in [0.1, 0.15) is 12.4 Å². The molecule has 0 saturated carbocycles. The summed E-state index contributed by atoms with van der Waals surface area (Å²) in [5.41, 5.74) is 5.12. The highest BCUT2D eigenvalue weighted by atomic mass is 35.5. The molecule has 0 spiro atoms. The standard InChI is InChI=1S/C23H19ClN2O4/c24-19-8-5-16(6-9-19)14-28-20-4-2-1-3-18(20)13-25-26-23(27)12-17-7-10-21-22(11-17)30-15-29-21/h1-11,13H,12,14-15H2,(H,26,27)/b25-13-. The van der Waals surface area contributed by atoms with Crippen molar-refractivity contribution in [2.24, 2.45) is 5.10 Å². The van der Waals surface area contributed by atoms with Gasteiger partial charge in [0.2, 0.25) is 12.7 Å². The van der Waals surface area contributed by atoms with Crippen LogP contribution in [0.15, 0.2) is 71.8 Å². The summed E-state index contributed by atoms with van der Waals surface area (Å²) in [7, 11) is 0. The Balaban J connectivity index is 1.33. The van der Waals surface area contributed by atoms with Gasteiger partial charge in [0.15, 0.2) is 11.5 Å². The Kier molecular flexibility index (Phi) is 6.15. The number of halogens is 1. The van der Waals surface area contributed by atoms with Gasteiger partial charge in [0.25, 0.3) is 0 Å². The number of hydrogen-bond acceptors (Lipinski definition) is 5. The van der Waals surface area contributed by atoms with E-state index in [0.29, 0.717) is 28.9 Å². The van der Waals surface area contributed by atoms with E-state index in [4.69, 9.17) is 25.8 Å². The summed E-state index contributed by atoms with van der Waals surface area (Å²) < 4.78 is 16.5. The summed E-state index contributed by atoms with van der Waals surface area (Å²) in [6, 6.07) is 20.4. The predicted octanol–water partition coefficient (Wildman–Crippen LogP) is 4.34. The third-order valence-corrected chi connectivity index (χ3v) is 4.67. The maximum atomic E-state index is 12.2. The largest absolute Gasteiger partial charge is 0.488 e. The number of benzene rings is 3. The van der Waals surface area contributed by atoms with E-state index in [9.17, 15) is 4.79 Å². The minimum atomic E-state index is -0.232. The van der Waals surface area contributed by atoms with Gasteiger partial charge < -0.3 is 14.2 Å². The lowest BCUT2D eigenvalue weighted by Crippen LogP contribution is -2.19. The maximum Gasteiger partial charge on any atom is 0.244 e. The molecule has 30 heavy (non-hydrogen) atoms. The van der Waals surface area contributed by atoms with Crippen molar-refractivity contribution < 1.29 is 19.0 Å². The number of nitrogens with one attached hydrogen (secondary N) is 1. The van der Waals surface area contributed by atoms with Crippen molar-refractivity contribution in [1.82, 2.24) is 5.43 Å². The molecule has 152 valence electrons. The summed E-state index contributed by atoms with van der Waals surface area (Å²) in [5, 5.41) is 4.74. The molecular formula is C23H19ClN2O4. The lowest BCUT2D eigenvalue weighted by molar-refractivity contribution is -0.120. The lowest BCUT2D eigenvalue weighted by atomic mass is 10.1. The molecule has 0 aliphatic carbocycles. The number of amides is 1. The fourth-order valence-corrected chi connectivity index (χ4v) is 3.04. The first kappa shape index (κ1) is 19.8. The highest BCUT2D eigenvalue weighted by molar-refractivity contribution is 6.30. The molecule has 6 nitrogen and oxygen atoms in total. The van der Waals surface area contributed by atoms with Crippen molar-refractivity contribution in [2.75, 3.05) is 6.79 Å². The Bertz CT molecular complexity index is 1070.